The fourth-order valence-corrected chi connectivity index (χ4v) is 4.89. The van der Waals surface area contributed by atoms with E-state index in [-0.39, 0.29) is 18.3 Å². The van der Waals surface area contributed by atoms with Gasteiger partial charge in [0.05, 0.1) is 17.7 Å². The highest BCUT2D eigenvalue weighted by atomic mass is 35.5. The summed E-state index contributed by atoms with van der Waals surface area (Å²) in [6.07, 6.45) is 1.82. The number of benzene rings is 1. The average molecular weight is 507 g/mol. The van der Waals surface area contributed by atoms with Gasteiger partial charge in [-0.3, -0.25) is 14.5 Å². The van der Waals surface area contributed by atoms with Crippen molar-refractivity contribution in [3.8, 4) is 0 Å². The highest BCUT2D eigenvalue weighted by molar-refractivity contribution is 6.30. The van der Waals surface area contributed by atoms with E-state index in [4.69, 9.17) is 21.3 Å². The van der Waals surface area contributed by atoms with Crippen LogP contribution < -0.4 is 4.90 Å². The summed E-state index contributed by atoms with van der Waals surface area (Å²) >= 11 is 6.17. The van der Waals surface area contributed by atoms with Crippen LogP contribution in [0.2, 0.25) is 5.02 Å². The molecular formula is C26H27ClN6O3. The zero-order chi connectivity index (χ0) is 25.9. The summed E-state index contributed by atoms with van der Waals surface area (Å²) in [6, 6.07) is 8.79. The summed E-state index contributed by atoms with van der Waals surface area (Å²) in [7, 11) is 3.64. The smallest absolute Gasteiger partial charge is 0.310 e. The lowest BCUT2D eigenvalue weighted by Gasteiger charge is -2.26. The van der Waals surface area contributed by atoms with Crippen LogP contribution in [0, 0.1) is 6.92 Å². The Morgan fingerprint density at radius 2 is 1.86 bits per heavy atom. The summed E-state index contributed by atoms with van der Waals surface area (Å²) < 4.78 is 9.03. The number of aryl methyl sites for hydroxylation is 3. The lowest BCUT2D eigenvalue weighted by molar-refractivity contribution is -0.153. The van der Waals surface area contributed by atoms with Crippen molar-refractivity contribution in [1.82, 2.24) is 24.5 Å². The van der Waals surface area contributed by atoms with Gasteiger partial charge in [-0.15, -0.1) is 5.10 Å². The van der Waals surface area contributed by atoms with Crippen molar-refractivity contribution in [3.63, 3.8) is 0 Å². The largest absolute Gasteiger partial charge is 0.460 e. The van der Waals surface area contributed by atoms with Crippen LogP contribution in [0.25, 0.3) is 11.2 Å². The number of fused-ring (bicyclic) bond motifs is 2. The van der Waals surface area contributed by atoms with Crippen LogP contribution >= 0.6 is 11.6 Å². The first kappa shape index (κ1) is 24.0. The van der Waals surface area contributed by atoms with Crippen molar-refractivity contribution >= 4 is 40.5 Å². The van der Waals surface area contributed by atoms with Gasteiger partial charge < -0.3 is 9.30 Å². The predicted octanol–water partition coefficient (Wildman–Crippen LogP) is 4.30. The normalized spacial score (nSPS) is 15.6. The number of ether oxygens (including phenoxy) is 1. The average Bonchev–Trinajstić information content (AvgIpc) is 3.40. The molecule has 0 N–H and O–H groups in total. The summed E-state index contributed by atoms with van der Waals surface area (Å²) in [5.74, 6) is -0.137. The summed E-state index contributed by atoms with van der Waals surface area (Å²) in [6.45, 7) is 7.38. The number of anilines is 1. The Morgan fingerprint density at radius 1 is 1.17 bits per heavy atom. The van der Waals surface area contributed by atoms with Crippen molar-refractivity contribution in [1.29, 1.82) is 0 Å². The zero-order valence-corrected chi connectivity index (χ0v) is 21.8. The Balaban J connectivity index is 1.67. The molecular weight excluding hydrogens is 480 g/mol. The number of carbonyl (C=O) groups is 2. The molecule has 1 aliphatic rings. The van der Waals surface area contributed by atoms with Crippen LogP contribution in [0.15, 0.2) is 36.5 Å². The molecule has 0 radical (unpaired) electrons. The van der Waals surface area contributed by atoms with Crippen LogP contribution in [0.3, 0.4) is 0 Å². The Morgan fingerprint density at radius 3 is 2.53 bits per heavy atom. The molecule has 1 unspecified atom stereocenters. The Hall–Kier alpha value is -3.72. The highest BCUT2D eigenvalue weighted by Crippen LogP contribution is 2.43. The lowest BCUT2D eigenvalue weighted by atomic mass is 10.0. The van der Waals surface area contributed by atoms with Crippen LogP contribution in [-0.2, 0) is 30.0 Å². The molecule has 0 saturated carbocycles. The molecule has 0 saturated heterocycles. The van der Waals surface area contributed by atoms with Crippen LogP contribution in [0.5, 0.6) is 0 Å². The van der Waals surface area contributed by atoms with Gasteiger partial charge in [0, 0.05) is 25.3 Å². The Labute approximate surface area is 213 Å². The third kappa shape index (κ3) is 4.03. The third-order valence-corrected chi connectivity index (χ3v) is 6.43. The molecule has 4 heterocycles. The van der Waals surface area contributed by atoms with Gasteiger partial charge in [0.25, 0.3) is 5.91 Å². The number of rotatable bonds is 4. The van der Waals surface area contributed by atoms with Gasteiger partial charge in [-0.25, -0.2) is 9.67 Å². The molecule has 1 amide bonds. The molecule has 0 bridgehead atoms. The minimum absolute atomic E-state index is 0.00942. The van der Waals surface area contributed by atoms with Crippen molar-refractivity contribution in [3.05, 3.63) is 69.5 Å². The number of amides is 1. The van der Waals surface area contributed by atoms with E-state index in [1.807, 2.05) is 63.7 Å². The SMILES string of the molecule is Cc1cc(N2C(=O)c3c(CC(=O)OC(C)(C)C)cn(C)c3C2c2ccc(Cl)cc2)nc2c1nnn2C. The first-order chi connectivity index (χ1) is 16.9. The molecule has 3 aromatic heterocycles. The molecule has 0 spiro atoms. The second-order valence-electron chi connectivity index (χ2n) is 10.1. The van der Waals surface area contributed by atoms with Crippen molar-refractivity contribution in [2.45, 2.75) is 45.8 Å². The fourth-order valence-electron chi connectivity index (χ4n) is 4.76. The number of hydrogen-bond acceptors (Lipinski definition) is 6. The first-order valence-electron chi connectivity index (χ1n) is 11.6. The van der Waals surface area contributed by atoms with Crippen LogP contribution in [0.1, 0.15) is 59.6 Å². The summed E-state index contributed by atoms with van der Waals surface area (Å²) in [5, 5.41) is 8.87. The van der Waals surface area contributed by atoms with E-state index in [0.29, 0.717) is 33.1 Å². The third-order valence-electron chi connectivity index (χ3n) is 6.18. The number of hydrogen-bond donors (Lipinski definition) is 0. The van der Waals surface area contributed by atoms with Gasteiger partial charge >= 0.3 is 5.97 Å². The van der Waals surface area contributed by atoms with E-state index in [0.717, 1.165) is 16.8 Å². The second-order valence-corrected chi connectivity index (χ2v) is 10.5. The van der Waals surface area contributed by atoms with Gasteiger partial charge in [0.15, 0.2) is 5.65 Å². The van der Waals surface area contributed by atoms with Gasteiger partial charge in [-0.2, -0.15) is 0 Å². The molecule has 1 aromatic carbocycles. The number of carbonyl (C=O) groups excluding carboxylic acids is 2. The molecule has 1 atom stereocenters. The van der Waals surface area contributed by atoms with Gasteiger partial charge in [-0.05, 0) is 62.6 Å². The molecule has 5 rings (SSSR count). The highest BCUT2D eigenvalue weighted by Gasteiger charge is 2.44. The van der Waals surface area contributed by atoms with Gasteiger partial charge in [0.2, 0.25) is 0 Å². The molecule has 0 fully saturated rings. The van der Waals surface area contributed by atoms with Crippen molar-refractivity contribution in [2.24, 2.45) is 14.1 Å². The number of pyridine rings is 1. The van der Waals surface area contributed by atoms with Crippen LogP contribution in [-0.4, -0.2) is 42.0 Å². The zero-order valence-electron chi connectivity index (χ0n) is 21.0. The van der Waals surface area contributed by atoms with Crippen LogP contribution in [0.4, 0.5) is 5.82 Å². The van der Waals surface area contributed by atoms with E-state index in [1.165, 1.54) is 0 Å². The van der Waals surface area contributed by atoms with E-state index < -0.39 is 11.6 Å². The number of aromatic nitrogens is 5. The topological polar surface area (TPSA) is 95.1 Å². The molecule has 0 aliphatic carbocycles. The Bertz CT molecular complexity index is 1510. The summed E-state index contributed by atoms with van der Waals surface area (Å²) in [4.78, 5) is 33.2. The van der Waals surface area contributed by atoms with E-state index in [2.05, 4.69) is 10.3 Å². The molecule has 186 valence electrons. The maximum absolute atomic E-state index is 14.1. The molecule has 36 heavy (non-hydrogen) atoms. The number of halogens is 1. The van der Waals surface area contributed by atoms with E-state index >= 15 is 0 Å². The molecule has 4 aromatic rings. The fraction of sp³-hybridized carbons (Fsp3) is 0.346. The van der Waals surface area contributed by atoms with E-state index in [1.54, 1.807) is 28.8 Å². The van der Waals surface area contributed by atoms with Gasteiger partial charge in [0.1, 0.15) is 23.0 Å². The number of esters is 1. The number of nitrogens with zero attached hydrogens (tertiary/aromatic N) is 6. The summed E-state index contributed by atoms with van der Waals surface area (Å²) in [5.41, 5.74) is 4.26. The lowest BCUT2D eigenvalue weighted by Crippen LogP contribution is -2.31. The van der Waals surface area contributed by atoms with Crippen molar-refractivity contribution in [2.75, 3.05) is 4.90 Å². The Kier molecular flexibility index (Phi) is 5.63. The first-order valence-corrected chi connectivity index (χ1v) is 12.0. The minimum atomic E-state index is -0.620. The second kappa shape index (κ2) is 8.44. The maximum atomic E-state index is 14.1. The molecule has 1 aliphatic heterocycles. The van der Waals surface area contributed by atoms with Crippen molar-refractivity contribution < 1.29 is 14.3 Å². The van der Waals surface area contributed by atoms with E-state index in [9.17, 15) is 9.59 Å². The van der Waals surface area contributed by atoms with Gasteiger partial charge in [-0.1, -0.05) is 28.9 Å². The maximum Gasteiger partial charge on any atom is 0.310 e. The monoisotopic (exact) mass is 506 g/mol. The quantitative estimate of drug-likeness (QED) is 0.383. The molecule has 10 heteroatoms. The standard InChI is InChI=1S/C26H27ClN6O3/c1-14-11-18(28-24-21(14)29-30-32(24)6)33-22(15-7-9-17(27)10-8-15)23-20(25(33)35)16(13-31(23)5)12-19(34)36-26(2,3)4/h7-11,13,22H,12H2,1-6H3. The predicted molar refractivity (Wildman–Crippen MR) is 136 cm³/mol. The molecule has 9 nitrogen and oxygen atoms in total. The minimum Gasteiger partial charge on any atom is -0.460 e.